The van der Waals surface area contributed by atoms with Gasteiger partial charge in [-0.1, -0.05) is 35.3 Å². The van der Waals surface area contributed by atoms with E-state index >= 15 is 0 Å². The Bertz CT molecular complexity index is 233. The molecule has 0 aliphatic heterocycles. The van der Waals surface area contributed by atoms with Crippen LogP contribution in [0.3, 0.4) is 0 Å². The van der Waals surface area contributed by atoms with E-state index < -0.39 is 5.97 Å². The molecule has 0 aliphatic rings. The normalized spacial score (nSPS) is 10.2. The van der Waals surface area contributed by atoms with E-state index in [1.807, 2.05) is 6.92 Å². The lowest BCUT2D eigenvalue weighted by molar-refractivity contribution is -0.148. The van der Waals surface area contributed by atoms with E-state index in [1.165, 1.54) is 7.11 Å². The Hall–Kier alpha value is -1.32. The summed E-state index contributed by atoms with van der Waals surface area (Å²) < 4.78 is 9.24. The molecular weight excluding hydrogens is 208 g/mol. The minimum Gasteiger partial charge on any atom is -0.466 e. The van der Waals surface area contributed by atoms with Gasteiger partial charge in [-0.15, -0.1) is 0 Å². The summed E-state index contributed by atoms with van der Waals surface area (Å²) >= 11 is 0. The van der Waals surface area contributed by atoms with Crippen molar-refractivity contribution in [3.63, 3.8) is 0 Å². The number of carbonyl (C=O) groups excluding carboxylic acids is 2. The molecule has 1 unspecified atom stereocenters. The molecule has 1 atom stereocenters. The molecule has 0 aromatic heterocycles. The van der Waals surface area contributed by atoms with Gasteiger partial charge in [0.15, 0.2) is 0 Å². The lowest BCUT2D eigenvalue weighted by Gasteiger charge is -2.09. The molecule has 0 amide bonds. The zero-order valence-electron chi connectivity index (χ0n) is 8.83. The monoisotopic (exact) mass is 232 g/mol. The van der Waals surface area contributed by atoms with E-state index in [0.717, 1.165) is 0 Å². The molecule has 4 heteroatoms. The van der Waals surface area contributed by atoms with Crippen molar-refractivity contribution in [1.29, 1.82) is 0 Å². The number of ether oxygens (including phenoxy) is 2. The maximum Gasteiger partial charge on any atom is 0.336 e. The summed E-state index contributed by atoms with van der Waals surface area (Å²) in [4.78, 5) is 22.0. The van der Waals surface area contributed by atoms with Crippen LogP contribution in [0, 0.1) is 5.92 Å². The molecule has 4 nitrogen and oxygen atoms in total. The zero-order chi connectivity index (χ0) is 11.1. The summed E-state index contributed by atoms with van der Waals surface area (Å²) in [6.07, 6.45) is 0.712. The highest BCUT2D eigenvalue weighted by molar-refractivity contribution is 5.88. The first-order chi connectivity index (χ1) is 6.52. The average Bonchev–Trinajstić information content (AvgIpc) is 2.22. The maximum atomic E-state index is 11.2. The quantitative estimate of drug-likeness (QED) is 0.540. The third kappa shape index (κ3) is 7.04. The fourth-order valence-electron chi connectivity index (χ4n) is 0.670. The van der Waals surface area contributed by atoms with Gasteiger partial charge in [0.25, 0.3) is 0 Å². The van der Waals surface area contributed by atoms with Gasteiger partial charge < -0.3 is 9.47 Å². The van der Waals surface area contributed by atoms with Gasteiger partial charge in [0.05, 0.1) is 18.6 Å². The lowest BCUT2D eigenvalue weighted by Crippen LogP contribution is -2.18. The number of hydrogen-bond donors (Lipinski definition) is 0. The summed E-state index contributed by atoms with van der Waals surface area (Å²) in [5.41, 5.74) is 0.143. The van der Waals surface area contributed by atoms with Gasteiger partial charge in [0.2, 0.25) is 0 Å². The second-order valence-corrected chi connectivity index (χ2v) is 3.01. The van der Waals surface area contributed by atoms with E-state index in [9.17, 15) is 9.59 Å². The minimum absolute atomic E-state index is 0. The third-order valence-corrected chi connectivity index (χ3v) is 1.88. The number of methoxy groups -OCH3 is 1. The SMILES string of the molecule is C.C.C=C(COC(=O)C(C)CC)C(=O)OC. The fraction of sp³-hybridized carbons (Fsp3) is 0.667. The first-order valence-corrected chi connectivity index (χ1v) is 4.45. The number of carbonyl (C=O) groups is 2. The first kappa shape index (κ1) is 20.1. The first-order valence-electron chi connectivity index (χ1n) is 4.45. The third-order valence-electron chi connectivity index (χ3n) is 1.88. The Labute approximate surface area is 98.6 Å². The molecule has 0 saturated heterocycles. The molecule has 0 aliphatic carbocycles. The summed E-state index contributed by atoms with van der Waals surface area (Å²) in [6.45, 7) is 6.99. The van der Waals surface area contributed by atoms with Crippen LogP contribution in [0.1, 0.15) is 35.1 Å². The number of hydrogen-bond acceptors (Lipinski definition) is 4. The van der Waals surface area contributed by atoms with Crippen LogP contribution in [-0.2, 0) is 19.1 Å². The zero-order valence-corrected chi connectivity index (χ0v) is 8.83. The predicted octanol–water partition coefficient (Wildman–Crippen LogP) is 2.58. The van der Waals surface area contributed by atoms with Gasteiger partial charge in [-0.25, -0.2) is 4.79 Å². The largest absolute Gasteiger partial charge is 0.466 e. The average molecular weight is 232 g/mol. The Morgan fingerprint density at radius 3 is 2.19 bits per heavy atom. The highest BCUT2D eigenvalue weighted by atomic mass is 16.5. The van der Waals surface area contributed by atoms with Gasteiger partial charge in [-0.3, -0.25) is 4.79 Å². The van der Waals surface area contributed by atoms with Gasteiger partial charge in [-0.2, -0.15) is 0 Å². The van der Waals surface area contributed by atoms with Crippen molar-refractivity contribution in [3.05, 3.63) is 12.2 Å². The molecule has 0 heterocycles. The predicted molar refractivity (Wildman–Crippen MR) is 65.0 cm³/mol. The van der Waals surface area contributed by atoms with E-state index in [-0.39, 0.29) is 38.9 Å². The van der Waals surface area contributed by atoms with Crippen LogP contribution in [0.2, 0.25) is 0 Å². The summed E-state index contributed by atoms with van der Waals surface area (Å²) in [6, 6.07) is 0. The van der Waals surface area contributed by atoms with Crippen LogP contribution in [0.25, 0.3) is 0 Å². The van der Waals surface area contributed by atoms with Gasteiger partial charge in [0, 0.05) is 0 Å². The summed E-state index contributed by atoms with van der Waals surface area (Å²) in [5, 5.41) is 0. The van der Waals surface area contributed by atoms with Crippen LogP contribution in [-0.4, -0.2) is 25.7 Å². The molecule has 0 bridgehead atoms. The minimum atomic E-state index is -0.554. The highest BCUT2D eigenvalue weighted by Crippen LogP contribution is 2.04. The van der Waals surface area contributed by atoms with Crippen molar-refractivity contribution in [3.8, 4) is 0 Å². The molecule has 0 rings (SSSR count). The Balaban J connectivity index is -0.000000845. The maximum absolute atomic E-state index is 11.2. The van der Waals surface area contributed by atoms with Crippen LogP contribution in [0.5, 0.6) is 0 Å². The van der Waals surface area contributed by atoms with E-state index in [1.54, 1.807) is 6.92 Å². The molecule has 16 heavy (non-hydrogen) atoms. The molecule has 0 N–H and O–H groups in total. The molecule has 96 valence electrons. The summed E-state index contributed by atoms with van der Waals surface area (Å²) in [5.74, 6) is -1.03. The molecule has 0 aromatic rings. The van der Waals surface area contributed by atoms with Crippen LogP contribution < -0.4 is 0 Å². The van der Waals surface area contributed by atoms with Crippen molar-refractivity contribution in [1.82, 2.24) is 0 Å². The van der Waals surface area contributed by atoms with Gasteiger partial charge in [0.1, 0.15) is 6.61 Å². The van der Waals surface area contributed by atoms with E-state index in [4.69, 9.17) is 4.74 Å². The molecule has 0 radical (unpaired) electrons. The van der Waals surface area contributed by atoms with Crippen LogP contribution in [0.15, 0.2) is 12.2 Å². The molecular formula is C12H24O4. The molecule has 0 spiro atoms. The standard InChI is InChI=1S/C10H16O4.2CH4/c1-5-7(2)10(12)14-6-8(3)9(11)13-4;;/h7H,3,5-6H2,1-2,4H3;2*1H4. The topological polar surface area (TPSA) is 52.6 Å². The van der Waals surface area contributed by atoms with Crippen molar-refractivity contribution in [2.45, 2.75) is 35.1 Å². The second-order valence-electron chi connectivity index (χ2n) is 3.01. The van der Waals surface area contributed by atoms with Crippen molar-refractivity contribution >= 4 is 11.9 Å². The van der Waals surface area contributed by atoms with E-state index in [2.05, 4.69) is 11.3 Å². The molecule has 0 fully saturated rings. The lowest BCUT2D eigenvalue weighted by atomic mass is 10.1. The molecule has 0 saturated carbocycles. The molecule has 0 aromatic carbocycles. The highest BCUT2D eigenvalue weighted by Gasteiger charge is 2.14. The van der Waals surface area contributed by atoms with Crippen molar-refractivity contribution in [2.24, 2.45) is 5.92 Å². The summed E-state index contributed by atoms with van der Waals surface area (Å²) in [7, 11) is 1.25. The van der Waals surface area contributed by atoms with Crippen LogP contribution >= 0.6 is 0 Å². The smallest absolute Gasteiger partial charge is 0.336 e. The Morgan fingerprint density at radius 1 is 1.31 bits per heavy atom. The van der Waals surface area contributed by atoms with Crippen molar-refractivity contribution < 1.29 is 19.1 Å². The van der Waals surface area contributed by atoms with Crippen molar-refractivity contribution in [2.75, 3.05) is 13.7 Å². The second kappa shape index (κ2) is 10.2. The number of esters is 2. The van der Waals surface area contributed by atoms with Gasteiger partial charge >= 0.3 is 11.9 Å². The van der Waals surface area contributed by atoms with E-state index in [0.29, 0.717) is 6.42 Å². The fourth-order valence-corrected chi connectivity index (χ4v) is 0.670. The number of rotatable bonds is 5. The Morgan fingerprint density at radius 2 is 1.81 bits per heavy atom. The van der Waals surface area contributed by atoms with Gasteiger partial charge in [-0.05, 0) is 6.42 Å². The Kier molecular flexibility index (Phi) is 12.8. The van der Waals surface area contributed by atoms with Crippen LogP contribution in [0.4, 0.5) is 0 Å².